The zero-order valence-electron chi connectivity index (χ0n) is 14.3. The first-order valence-corrected chi connectivity index (χ1v) is 7.50. The van der Waals surface area contributed by atoms with E-state index in [1.165, 1.54) is 14.2 Å². The highest BCUT2D eigenvalue weighted by Gasteiger charge is 2.15. The van der Waals surface area contributed by atoms with Gasteiger partial charge < -0.3 is 25.3 Å². The van der Waals surface area contributed by atoms with Gasteiger partial charge >= 0.3 is 5.97 Å². The topological polar surface area (TPSA) is 99.9 Å². The van der Waals surface area contributed by atoms with Crippen molar-refractivity contribution in [2.24, 2.45) is 0 Å². The van der Waals surface area contributed by atoms with Crippen molar-refractivity contribution in [2.75, 3.05) is 31.9 Å². The number of ether oxygens (including phenoxy) is 3. The van der Waals surface area contributed by atoms with E-state index < -0.39 is 18.5 Å². The molecule has 0 spiro atoms. The number of aryl methyl sites for hydroxylation is 1. The van der Waals surface area contributed by atoms with E-state index in [4.69, 9.17) is 19.9 Å². The molecule has 0 aliphatic rings. The van der Waals surface area contributed by atoms with E-state index in [2.05, 4.69) is 5.32 Å². The van der Waals surface area contributed by atoms with Gasteiger partial charge in [0.15, 0.2) is 6.61 Å². The van der Waals surface area contributed by atoms with Crippen LogP contribution in [0.5, 0.6) is 11.5 Å². The minimum absolute atomic E-state index is 0.228. The van der Waals surface area contributed by atoms with E-state index in [1.807, 2.05) is 0 Å². The van der Waals surface area contributed by atoms with E-state index in [0.717, 1.165) is 5.56 Å². The van der Waals surface area contributed by atoms with Gasteiger partial charge in [0.1, 0.15) is 11.5 Å². The molecule has 0 aromatic heterocycles. The van der Waals surface area contributed by atoms with Crippen molar-refractivity contribution < 1.29 is 23.8 Å². The quantitative estimate of drug-likeness (QED) is 0.616. The first-order valence-electron chi connectivity index (χ1n) is 7.50. The molecular weight excluding hydrogens is 324 g/mol. The van der Waals surface area contributed by atoms with Crippen molar-refractivity contribution in [3.05, 3.63) is 47.5 Å². The fourth-order valence-corrected chi connectivity index (χ4v) is 2.17. The van der Waals surface area contributed by atoms with Gasteiger partial charge in [0.05, 0.1) is 25.5 Å². The number of esters is 1. The third kappa shape index (κ3) is 4.41. The number of para-hydroxylation sites is 1. The second-order valence-electron chi connectivity index (χ2n) is 5.23. The summed E-state index contributed by atoms with van der Waals surface area (Å²) in [6, 6.07) is 10.0. The molecule has 0 bridgehead atoms. The highest BCUT2D eigenvalue weighted by Crippen LogP contribution is 2.28. The van der Waals surface area contributed by atoms with Crippen LogP contribution in [0.2, 0.25) is 0 Å². The molecule has 7 nitrogen and oxygen atoms in total. The predicted octanol–water partition coefficient (Wildman–Crippen LogP) is 2.39. The Balaban J connectivity index is 2.01. The molecule has 3 N–H and O–H groups in total. The van der Waals surface area contributed by atoms with Crippen molar-refractivity contribution in [1.82, 2.24) is 0 Å². The summed E-state index contributed by atoms with van der Waals surface area (Å²) in [5.41, 5.74) is 7.59. The Bertz CT molecular complexity index is 789. The maximum absolute atomic E-state index is 12.1. The molecule has 1 amide bonds. The van der Waals surface area contributed by atoms with Crippen LogP contribution < -0.4 is 20.5 Å². The molecule has 0 aliphatic carbocycles. The van der Waals surface area contributed by atoms with Crippen LogP contribution in [0.15, 0.2) is 36.4 Å². The number of benzene rings is 2. The first kappa shape index (κ1) is 18.1. The summed E-state index contributed by atoms with van der Waals surface area (Å²) in [6.07, 6.45) is 0. The van der Waals surface area contributed by atoms with Crippen LogP contribution in [-0.4, -0.2) is 32.7 Å². The highest BCUT2D eigenvalue weighted by molar-refractivity contribution is 5.99. The normalized spacial score (nSPS) is 10.0. The fraction of sp³-hybridized carbons (Fsp3) is 0.222. The average molecular weight is 344 g/mol. The number of rotatable bonds is 6. The van der Waals surface area contributed by atoms with Crippen molar-refractivity contribution in [2.45, 2.75) is 6.92 Å². The Morgan fingerprint density at radius 2 is 1.88 bits per heavy atom. The van der Waals surface area contributed by atoms with Crippen molar-refractivity contribution in [1.29, 1.82) is 0 Å². The lowest BCUT2D eigenvalue weighted by Crippen LogP contribution is -2.21. The van der Waals surface area contributed by atoms with Gasteiger partial charge in [0.25, 0.3) is 5.91 Å². The fourth-order valence-electron chi connectivity index (χ4n) is 2.17. The zero-order chi connectivity index (χ0) is 18.4. The molecule has 0 fully saturated rings. The molecule has 0 saturated heterocycles. The summed E-state index contributed by atoms with van der Waals surface area (Å²) in [6.45, 7) is 1.33. The summed E-state index contributed by atoms with van der Waals surface area (Å²) in [5, 5.41) is 2.62. The molecule has 2 aromatic rings. The number of carbonyl (C=O) groups is 2. The van der Waals surface area contributed by atoms with Gasteiger partial charge in [-0.05, 0) is 30.7 Å². The third-order valence-electron chi connectivity index (χ3n) is 3.56. The number of nitrogens with two attached hydrogens (primary N) is 1. The van der Waals surface area contributed by atoms with Gasteiger partial charge in [0, 0.05) is 11.8 Å². The second kappa shape index (κ2) is 8.05. The Morgan fingerprint density at radius 1 is 1.12 bits per heavy atom. The van der Waals surface area contributed by atoms with Gasteiger partial charge in [-0.15, -0.1) is 0 Å². The van der Waals surface area contributed by atoms with Crippen LogP contribution in [0.4, 0.5) is 11.4 Å². The number of nitrogen functional groups attached to an aromatic ring is 1. The van der Waals surface area contributed by atoms with Gasteiger partial charge in [-0.3, -0.25) is 4.79 Å². The Hall–Kier alpha value is -3.22. The molecule has 0 aliphatic heterocycles. The molecule has 0 saturated carbocycles. The molecule has 0 radical (unpaired) electrons. The van der Waals surface area contributed by atoms with Crippen molar-refractivity contribution in [3.8, 4) is 11.5 Å². The minimum atomic E-state index is -0.658. The lowest BCUT2D eigenvalue weighted by molar-refractivity contribution is -0.119. The van der Waals surface area contributed by atoms with Gasteiger partial charge in [-0.25, -0.2) is 4.79 Å². The molecule has 7 heteroatoms. The maximum Gasteiger partial charge on any atom is 0.340 e. The SMILES string of the molecule is COc1ccc(OC)c(NC(=O)COC(=O)c2cccc(C)c2N)c1. The Morgan fingerprint density at radius 3 is 2.56 bits per heavy atom. The minimum Gasteiger partial charge on any atom is -0.497 e. The zero-order valence-corrected chi connectivity index (χ0v) is 14.3. The molecule has 0 unspecified atom stereocenters. The van der Waals surface area contributed by atoms with E-state index in [9.17, 15) is 9.59 Å². The van der Waals surface area contributed by atoms with Gasteiger partial charge in [-0.2, -0.15) is 0 Å². The predicted molar refractivity (Wildman–Crippen MR) is 94.0 cm³/mol. The van der Waals surface area contributed by atoms with E-state index >= 15 is 0 Å². The summed E-state index contributed by atoms with van der Waals surface area (Å²) in [5.74, 6) is -0.149. The number of carbonyl (C=O) groups excluding carboxylic acids is 2. The summed E-state index contributed by atoms with van der Waals surface area (Å²) in [7, 11) is 3.00. The van der Waals surface area contributed by atoms with E-state index in [0.29, 0.717) is 22.9 Å². The highest BCUT2D eigenvalue weighted by atomic mass is 16.5. The first-order chi connectivity index (χ1) is 12.0. The largest absolute Gasteiger partial charge is 0.497 e. The van der Waals surface area contributed by atoms with Crippen LogP contribution in [0, 0.1) is 6.92 Å². The molecule has 0 atom stereocenters. The van der Waals surface area contributed by atoms with Crippen LogP contribution >= 0.6 is 0 Å². The maximum atomic E-state index is 12.1. The van der Waals surface area contributed by atoms with E-state index in [-0.39, 0.29) is 5.56 Å². The number of amides is 1. The summed E-state index contributed by atoms with van der Waals surface area (Å²) < 4.78 is 15.3. The van der Waals surface area contributed by atoms with Crippen molar-refractivity contribution >= 4 is 23.3 Å². The number of anilines is 2. The lowest BCUT2D eigenvalue weighted by atomic mass is 10.1. The lowest BCUT2D eigenvalue weighted by Gasteiger charge is -2.12. The smallest absolute Gasteiger partial charge is 0.340 e. The van der Waals surface area contributed by atoms with Crippen molar-refractivity contribution in [3.63, 3.8) is 0 Å². The van der Waals surface area contributed by atoms with Crippen LogP contribution in [0.3, 0.4) is 0 Å². The number of nitrogens with one attached hydrogen (secondary N) is 1. The van der Waals surface area contributed by atoms with Crippen LogP contribution in [0.25, 0.3) is 0 Å². The third-order valence-corrected chi connectivity index (χ3v) is 3.56. The Kier molecular flexibility index (Phi) is 5.84. The number of methoxy groups -OCH3 is 2. The summed E-state index contributed by atoms with van der Waals surface area (Å²) >= 11 is 0. The standard InChI is InChI=1S/C18H20N2O5/c1-11-5-4-6-13(17(11)19)18(22)25-10-16(21)20-14-9-12(23-2)7-8-15(14)24-3/h4-9H,10,19H2,1-3H3,(H,20,21). The van der Waals surface area contributed by atoms with Gasteiger partial charge in [0.2, 0.25) is 0 Å². The Labute approximate surface area is 145 Å². The van der Waals surface area contributed by atoms with Crippen LogP contribution in [0.1, 0.15) is 15.9 Å². The summed E-state index contributed by atoms with van der Waals surface area (Å²) in [4.78, 5) is 24.1. The number of hydrogen-bond donors (Lipinski definition) is 2. The van der Waals surface area contributed by atoms with Crippen LogP contribution in [-0.2, 0) is 9.53 Å². The molecule has 132 valence electrons. The molecule has 2 aromatic carbocycles. The molecular formula is C18H20N2O5. The molecule has 0 heterocycles. The van der Waals surface area contributed by atoms with Gasteiger partial charge in [-0.1, -0.05) is 12.1 Å². The molecule has 2 rings (SSSR count). The molecule has 25 heavy (non-hydrogen) atoms. The number of hydrogen-bond acceptors (Lipinski definition) is 6. The average Bonchev–Trinajstić information content (AvgIpc) is 2.61. The monoisotopic (exact) mass is 344 g/mol. The second-order valence-corrected chi connectivity index (χ2v) is 5.23. The van der Waals surface area contributed by atoms with E-state index in [1.54, 1.807) is 43.3 Å².